The predicted octanol–water partition coefficient (Wildman–Crippen LogP) is 13.6. The molecule has 2 aromatic rings. The van der Waals surface area contributed by atoms with E-state index < -0.39 is 0 Å². The van der Waals surface area contributed by atoms with Crippen molar-refractivity contribution in [3.05, 3.63) is 52.0 Å². The second-order valence-electron chi connectivity index (χ2n) is 16.0. The van der Waals surface area contributed by atoms with Crippen LogP contribution in [0.3, 0.4) is 0 Å². The lowest BCUT2D eigenvalue weighted by atomic mass is 9.68. The van der Waals surface area contributed by atoms with Gasteiger partial charge in [-0.1, -0.05) is 182 Å². The first-order valence-electron chi connectivity index (χ1n) is 20.0. The summed E-state index contributed by atoms with van der Waals surface area (Å²) in [7, 11) is -0.326. The van der Waals surface area contributed by atoms with Crippen molar-refractivity contribution >= 4 is 28.5 Å². The van der Waals surface area contributed by atoms with Gasteiger partial charge in [-0.15, -0.1) is 0 Å². The Kier molecular flexibility index (Phi) is 15.5. The summed E-state index contributed by atoms with van der Waals surface area (Å²) >= 11 is 3.88. The molecule has 4 heteroatoms. The van der Waals surface area contributed by atoms with Crippen LogP contribution in [0.1, 0.15) is 194 Å². The van der Waals surface area contributed by atoms with Gasteiger partial charge in [0.1, 0.15) is 0 Å². The van der Waals surface area contributed by atoms with Gasteiger partial charge in [-0.25, -0.2) is 0 Å². The first-order valence-corrected chi connectivity index (χ1v) is 20.7. The highest BCUT2D eigenvalue weighted by Crippen LogP contribution is 2.54. The molecular weight excluding hydrogens is 639 g/mol. The van der Waals surface area contributed by atoms with E-state index in [0.29, 0.717) is 0 Å². The van der Waals surface area contributed by atoms with Gasteiger partial charge in [0.2, 0.25) is 0 Å². The third kappa shape index (κ3) is 10.2. The maximum Gasteiger partial charge on any atom is 0.494 e. The fraction of sp³-hybridized carbons (Fsp3) is 0.721. The molecule has 1 saturated heterocycles. The molecule has 0 unspecified atom stereocenters. The third-order valence-corrected chi connectivity index (χ3v) is 12.3. The Morgan fingerprint density at radius 3 is 1.34 bits per heavy atom. The van der Waals surface area contributed by atoms with Gasteiger partial charge in [0.25, 0.3) is 0 Å². The Hall–Kier alpha value is -1.10. The van der Waals surface area contributed by atoms with Crippen molar-refractivity contribution in [1.82, 2.24) is 0 Å². The third-order valence-electron chi connectivity index (χ3n) is 11.8. The molecule has 262 valence electrons. The largest absolute Gasteiger partial charge is 0.494 e. The van der Waals surface area contributed by atoms with E-state index in [9.17, 15) is 0 Å². The minimum absolute atomic E-state index is 0.0500. The Bertz CT molecular complexity index is 1180. The molecule has 1 heterocycles. The molecule has 1 fully saturated rings. The summed E-state index contributed by atoms with van der Waals surface area (Å²) in [4.78, 5) is 0. The number of unbranched alkanes of at least 4 members (excludes halogenated alkanes) is 18. The lowest BCUT2D eigenvalue weighted by Gasteiger charge is -2.33. The predicted molar refractivity (Wildman–Crippen MR) is 209 cm³/mol. The average molecular weight is 708 g/mol. The van der Waals surface area contributed by atoms with Crippen LogP contribution < -0.4 is 5.46 Å². The molecule has 2 aliphatic rings. The Morgan fingerprint density at radius 1 is 0.511 bits per heavy atom. The molecule has 0 bridgehead atoms. The van der Waals surface area contributed by atoms with E-state index in [0.717, 1.165) is 0 Å². The standard InChI is InChI=1S/C43H68BBrO2/c1-7-9-11-13-15-17-19-21-23-25-31-43(32-26-24-22-20-18-16-14-12-10-8-2)39-33-35(44-46-41(3,4)42(5,6)47-44)27-29-37(39)38-30-28-36(45)34-40(38)43/h27-30,33-34H,7-26,31-32H2,1-6H3. The first kappa shape index (κ1) is 38.7. The Labute approximate surface area is 299 Å². The second-order valence-corrected chi connectivity index (χ2v) is 16.9. The summed E-state index contributed by atoms with van der Waals surface area (Å²) in [5.41, 5.74) is 6.46. The van der Waals surface area contributed by atoms with Crippen LogP contribution in [0.2, 0.25) is 0 Å². The lowest BCUT2D eigenvalue weighted by Crippen LogP contribution is -2.41. The maximum absolute atomic E-state index is 6.58. The van der Waals surface area contributed by atoms with Crippen molar-refractivity contribution in [2.75, 3.05) is 0 Å². The fourth-order valence-corrected chi connectivity index (χ4v) is 8.46. The second kappa shape index (κ2) is 18.8. The van der Waals surface area contributed by atoms with Crippen molar-refractivity contribution < 1.29 is 9.31 Å². The molecule has 1 aliphatic carbocycles. The van der Waals surface area contributed by atoms with Crippen molar-refractivity contribution in [2.45, 2.75) is 199 Å². The van der Waals surface area contributed by atoms with Gasteiger partial charge in [-0.2, -0.15) is 0 Å². The SMILES string of the molecule is CCCCCCCCCCCCC1(CCCCCCCCCCCC)c2cc(Br)ccc2-c2ccc(B3OC(C)(C)C(C)(C)O3)cc21. The van der Waals surface area contributed by atoms with Gasteiger partial charge in [0, 0.05) is 9.89 Å². The van der Waals surface area contributed by atoms with Crippen LogP contribution in [0, 0.1) is 0 Å². The molecule has 0 saturated carbocycles. The zero-order valence-corrected chi connectivity index (χ0v) is 32.9. The summed E-state index contributed by atoms with van der Waals surface area (Å²) in [6.45, 7) is 13.3. The summed E-state index contributed by atoms with van der Waals surface area (Å²) in [5.74, 6) is 0. The highest BCUT2D eigenvalue weighted by atomic mass is 79.9. The van der Waals surface area contributed by atoms with E-state index >= 15 is 0 Å². The quantitative estimate of drug-likeness (QED) is 0.0846. The number of fused-ring (bicyclic) bond motifs is 3. The monoisotopic (exact) mass is 706 g/mol. The molecule has 4 rings (SSSR count). The number of halogens is 1. The van der Waals surface area contributed by atoms with Crippen LogP contribution in [-0.4, -0.2) is 18.3 Å². The molecule has 0 N–H and O–H groups in total. The molecular formula is C43H68BBrO2. The van der Waals surface area contributed by atoms with Gasteiger partial charge in [-0.05, 0) is 80.4 Å². The van der Waals surface area contributed by atoms with Crippen molar-refractivity contribution in [1.29, 1.82) is 0 Å². The van der Waals surface area contributed by atoms with Crippen molar-refractivity contribution in [2.24, 2.45) is 0 Å². The van der Waals surface area contributed by atoms with Crippen LogP contribution in [0.5, 0.6) is 0 Å². The van der Waals surface area contributed by atoms with Gasteiger partial charge < -0.3 is 9.31 Å². The Balaban J connectivity index is 1.49. The molecule has 0 aromatic heterocycles. The fourth-order valence-electron chi connectivity index (χ4n) is 8.10. The number of hydrogen-bond donors (Lipinski definition) is 0. The zero-order valence-electron chi connectivity index (χ0n) is 31.3. The summed E-state index contributed by atoms with van der Waals surface area (Å²) < 4.78 is 14.4. The van der Waals surface area contributed by atoms with E-state index in [4.69, 9.17) is 9.31 Å². The molecule has 0 spiro atoms. The molecule has 2 aromatic carbocycles. The molecule has 0 radical (unpaired) electrons. The lowest BCUT2D eigenvalue weighted by molar-refractivity contribution is 0.00578. The number of rotatable bonds is 23. The highest BCUT2D eigenvalue weighted by Gasteiger charge is 2.52. The highest BCUT2D eigenvalue weighted by molar-refractivity contribution is 9.10. The van der Waals surface area contributed by atoms with Gasteiger partial charge >= 0.3 is 7.12 Å². The van der Waals surface area contributed by atoms with Crippen LogP contribution in [0.25, 0.3) is 11.1 Å². The van der Waals surface area contributed by atoms with Gasteiger partial charge in [-0.3, -0.25) is 0 Å². The smallest absolute Gasteiger partial charge is 0.399 e. The molecule has 47 heavy (non-hydrogen) atoms. The molecule has 2 nitrogen and oxygen atoms in total. The summed E-state index contributed by atoms with van der Waals surface area (Å²) in [6.07, 6.45) is 30.0. The molecule has 1 aliphatic heterocycles. The van der Waals surface area contributed by atoms with Crippen molar-refractivity contribution in [3.63, 3.8) is 0 Å². The first-order chi connectivity index (χ1) is 22.6. The average Bonchev–Trinajstić information content (AvgIpc) is 3.43. The molecule has 0 atom stereocenters. The van der Waals surface area contributed by atoms with E-state index in [1.54, 1.807) is 5.56 Å². The van der Waals surface area contributed by atoms with Crippen LogP contribution in [0.15, 0.2) is 40.9 Å². The Morgan fingerprint density at radius 2 is 0.894 bits per heavy atom. The van der Waals surface area contributed by atoms with E-state index in [1.807, 2.05) is 0 Å². The van der Waals surface area contributed by atoms with E-state index in [2.05, 4.69) is 93.9 Å². The van der Waals surface area contributed by atoms with Crippen LogP contribution >= 0.6 is 15.9 Å². The topological polar surface area (TPSA) is 18.5 Å². The maximum atomic E-state index is 6.58. The number of hydrogen-bond acceptors (Lipinski definition) is 2. The van der Waals surface area contributed by atoms with Crippen LogP contribution in [0.4, 0.5) is 0 Å². The number of benzene rings is 2. The van der Waals surface area contributed by atoms with E-state index in [1.165, 1.54) is 168 Å². The van der Waals surface area contributed by atoms with E-state index in [-0.39, 0.29) is 23.7 Å². The summed E-state index contributed by atoms with van der Waals surface area (Å²) in [6, 6.07) is 14.2. The minimum atomic E-state index is -0.340. The van der Waals surface area contributed by atoms with Gasteiger partial charge in [0.05, 0.1) is 11.2 Å². The minimum Gasteiger partial charge on any atom is -0.399 e. The molecule has 0 amide bonds. The zero-order chi connectivity index (χ0) is 33.8. The van der Waals surface area contributed by atoms with Gasteiger partial charge in [0.15, 0.2) is 0 Å². The summed E-state index contributed by atoms with van der Waals surface area (Å²) in [5, 5.41) is 0. The normalized spacial score (nSPS) is 17.3. The van der Waals surface area contributed by atoms with Crippen LogP contribution in [-0.2, 0) is 14.7 Å². The van der Waals surface area contributed by atoms with Crippen molar-refractivity contribution in [3.8, 4) is 11.1 Å².